The molecule has 0 bridgehead atoms. The minimum Gasteiger partial charge on any atom is -0.463 e. The van der Waals surface area contributed by atoms with Gasteiger partial charge in [-0.05, 0) is 30.5 Å². The van der Waals surface area contributed by atoms with Gasteiger partial charge in [-0.25, -0.2) is 9.18 Å². The lowest BCUT2D eigenvalue weighted by molar-refractivity contribution is -0.138. The van der Waals surface area contributed by atoms with Gasteiger partial charge >= 0.3 is 5.97 Å². The van der Waals surface area contributed by atoms with E-state index in [2.05, 4.69) is 21.2 Å². The van der Waals surface area contributed by atoms with Crippen molar-refractivity contribution >= 4 is 50.7 Å². The Balaban J connectivity index is 2.15. The van der Waals surface area contributed by atoms with Crippen molar-refractivity contribution in [3.8, 4) is 0 Å². The number of nitrogens with zero attached hydrogens (tertiary/aromatic N) is 1. The molecule has 0 spiro atoms. The zero-order valence-electron chi connectivity index (χ0n) is 13.8. The van der Waals surface area contributed by atoms with Crippen LogP contribution >= 0.6 is 38.9 Å². The number of thiophene rings is 1. The molecule has 1 aromatic heterocycles. The maximum absolute atomic E-state index is 13.5. The van der Waals surface area contributed by atoms with Gasteiger partial charge in [0, 0.05) is 21.6 Å². The number of carbonyl (C=O) groups excluding carboxylic acids is 1. The fourth-order valence-corrected chi connectivity index (χ4v) is 4.03. The quantitative estimate of drug-likeness (QED) is 0.516. The van der Waals surface area contributed by atoms with Gasteiger partial charge < -0.3 is 10.1 Å². The minimum atomic E-state index is -0.687. The number of hydrogen-bond acceptors (Lipinski definition) is 5. The summed E-state index contributed by atoms with van der Waals surface area (Å²) in [5.41, 5.74) is 1.55. The molecule has 0 saturated carbocycles. The fourth-order valence-electron chi connectivity index (χ4n) is 2.64. The molecule has 1 N–H and O–H groups in total. The van der Waals surface area contributed by atoms with E-state index >= 15 is 0 Å². The van der Waals surface area contributed by atoms with Crippen LogP contribution in [0.3, 0.4) is 0 Å². The number of hydrogen-bond donors (Lipinski definition) is 1. The summed E-state index contributed by atoms with van der Waals surface area (Å²) in [6.07, 6.45) is 0. The Labute approximate surface area is 167 Å². The van der Waals surface area contributed by atoms with Crippen LogP contribution in [0.5, 0.6) is 0 Å². The lowest BCUT2D eigenvalue weighted by atomic mass is 9.95. The minimum absolute atomic E-state index is 0.210. The lowest BCUT2D eigenvalue weighted by Gasteiger charge is -2.27. The van der Waals surface area contributed by atoms with Gasteiger partial charge in [0.25, 0.3) is 0 Å². The van der Waals surface area contributed by atoms with Crippen LogP contribution in [-0.2, 0) is 9.53 Å². The van der Waals surface area contributed by atoms with Crippen LogP contribution in [0.15, 0.2) is 52.0 Å². The SMILES string of the molecule is CCOC(=O)C1=C(CBr)NC(c2cccs2)=NC1c1ccc(F)cc1Cl. The number of ether oxygens (including phenoxy) is 1. The number of carbonyl (C=O) groups is 1. The summed E-state index contributed by atoms with van der Waals surface area (Å²) in [5, 5.41) is 5.76. The maximum Gasteiger partial charge on any atom is 0.338 e. The van der Waals surface area contributed by atoms with Gasteiger partial charge in [0.15, 0.2) is 0 Å². The molecule has 0 saturated heterocycles. The molecule has 136 valence electrons. The first-order valence-electron chi connectivity index (χ1n) is 7.85. The average Bonchev–Trinajstić information content (AvgIpc) is 3.15. The van der Waals surface area contributed by atoms with Crippen LogP contribution in [-0.4, -0.2) is 23.7 Å². The van der Waals surface area contributed by atoms with Gasteiger partial charge in [-0.2, -0.15) is 0 Å². The molecule has 4 nitrogen and oxygen atoms in total. The predicted molar refractivity (Wildman–Crippen MR) is 106 cm³/mol. The molecule has 0 aliphatic carbocycles. The highest BCUT2D eigenvalue weighted by Crippen LogP contribution is 2.37. The third-order valence-corrected chi connectivity index (χ3v) is 5.53. The Morgan fingerprint density at radius 2 is 2.27 bits per heavy atom. The molecule has 3 rings (SSSR count). The maximum atomic E-state index is 13.5. The number of rotatable bonds is 5. The highest BCUT2D eigenvalue weighted by Gasteiger charge is 2.33. The highest BCUT2D eigenvalue weighted by molar-refractivity contribution is 9.09. The summed E-state index contributed by atoms with van der Waals surface area (Å²) in [7, 11) is 0. The van der Waals surface area contributed by atoms with E-state index in [9.17, 15) is 9.18 Å². The van der Waals surface area contributed by atoms with Crippen LogP contribution in [0.1, 0.15) is 23.4 Å². The summed E-state index contributed by atoms with van der Waals surface area (Å²) in [4.78, 5) is 18.2. The molecule has 2 heterocycles. The Morgan fingerprint density at radius 3 is 2.88 bits per heavy atom. The first-order chi connectivity index (χ1) is 12.5. The van der Waals surface area contributed by atoms with Crippen LogP contribution in [0.4, 0.5) is 4.39 Å². The first kappa shape index (κ1) is 19.1. The van der Waals surface area contributed by atoms with Crippen molar-refractivity contribution < 1.29 is 13.9 Å². The Hall–Kier alpha value is -1.70. The Morgan fingerprint density at radius 1 is 1.46 bits per heavy atom. The lowest BCUT2D eigenvalue weighted by Crippen LogP contribution is -2.34. The van der Waals surface area contributed by atoms with Gasteiger partial charge in [0.05, 0.1) is 17.1 Å². The zero-order chi connectivity index (χ0) is 18.7. The van der Waals surface area contributed by atoms with Gasteiger partial charge in [-0.15, -0.1) is 11.3 Å². The summed E-state index contributed by atoms with van der Waals surface area (Å²) < 4.78 is 18.7. The average molecular weight is 458 g/mol. The summed E-state index contributed by atoms with van der Waals surface area (Å²) in [6.45, 7) is 1.98. The molecule has 1 atom stereocenters. The van der Waals surface area contributed by atoms with E-state index < -0.39 is 17.8 Å². The molecule has 0 radical (unpaired) electrons. The smallest absolute Gasteiger partial charge is 0.338 e. The van der Waals surface area contributed by atoms with Crippen molar-refractivity contribution in [3.63, 3.8) is 0 Å². The summed E-state index contributed by atoms with van der Waals surface area (Å²) in [5.74, 6) is -0.292. The van der Waals surface area contributed by atoms with E-state index in [4.69, 9.17) is 21.3 Å². The molecule has 0 fully saturated rings. The van der Waals surface area contributed by atoms with Crippen LogP contribution in [0.25, 0.3) is 0 Å². The molecule has 1 unspecified atom stereocenters. The van der Waals surface area contributed by atoms with E-state index in [0.717, 1.165) is 4.88 Å². The molecule has 26 heavy (non-hydrogen) atoms. The third-order valence-electron chi connectivity index (χ3n) is 3.77. The molecule has 1 aliphatic heterocycles. The molecule has 2 aromatic rings. The topological polar surface area (TPSA) is 50.7 Å². The van der Waals surface area contributed by atoms with Crippen molar-refractivity contribution in [1.29, 1.82) is 0 Å². The van der Waals surface area contributed by atoms with Gasteiger partial charge in [-0.3, -0.25) is 4.99 Å². The van der Waals surface area contributed by atoms with Crippen LogP contribution < -0.4 is 5.32 Å². The molecular weight excluding hydrogens is 443 g/mol. The van der Waals surface area contributed by atoms with E-state index in [0.29, 0.717) is 28.0 Å². The number of esters is 1. The van der Waals surface area contributed by atoms with Crippen molar-refractivity contribution in [2.24, 2.45) is 4.99 Å². The second-order valence-electron chi connectivity index (χ2n) is 5.39. The van der Waals surface area contributed by atoms with Crippen LogP contribution in [0, 0.1) is 5.82 Å². The van der Waals surface area contributed by atoms with E-state index in [-0.39, 0.29) is 11.6 Å². The molecule has 8 heteroatoms. The fraction of sp³-hybridized carbons (Fsp3) is 0.222. The normalized spacial score (nSPS) is 16.9. The second kappa shape index (κ2) is 8.33. The standard InChI is InChI=1S/C18H15BrClFN2O2S/c1-2-25-18(24)15-13(9-19)22-17(14-4-3-7-26-14)23-16(15)11-6-5-10(21)8-12(11)20/h3-8,16H,2,9H2,1H3,(H,22,23). The monoisotopic (exact) mass is 456 g/mol. The van der Waals surface area contributed by atoms with Crippen LogP contribution in [0.2, 0.25) is 5.02 Å². The number of amidine groups is 1. The molecule has 1 aliphatic rings. The van der Waals surface area contributed by atoms with E-state index in [1.807, 2.05) is 17.5 Å². The van der Waals surface area contributed by atoms with Crippen molar-refractivity contribution in [3.05, 3.63) is 68.3 Å². The van der Waals surface area contributed by atoms with Crippen molar-refractivity contribution in [2.75, 3.05) is 11.9 Å². The number of aliphatic imine (C=N–C) groups is 1. The highest BCUT2D eigenvalue weighted by atomic mass is 79.9. The molecule has 1 aromatic carbocycles. The van der Waals surface area contributed by atoms with Crippen molar-refractivity contribution in [2.45, 2.75) is 13.0 Å². The number of benzene rings is 1. The Bertz CT molecular complexity index is 883. The third kappa shape index (κ3) is 3.84. The number of nitrogens with one attached hydrogen (secondary N) is 1. The summed E-state index contributed by atoms with van der Waals surface area (Å²) in [6, 6.07) is 7.24. The van der Waals surface area contributed by atoms with E-state index in [1.54, 1.807) is 13.0 Å². The Kier molecular flexibility index (Phi) is 6.11. The molecule has 0 amide bonds. The summed E-state index contributed by atoms with van der Waals surface area (Å²) >= 11 is 11.2. The largest absolute Gasteiger partial charge is 0.463 e. The number of halogens is 3. The van der Waals surface area contributed by atoms with E-state index in [1.165, 1.54) is 23.5 Å². The number of allylic oxidation sites excluding steroid dienone is 1. The zero-order valence-corrected chi connectivity index (χ0v) is 16.9. The number of alkyl halides is 1. The van der Waals surface area contributed by atoms with Crippen molar-refractivity contribution in [1.82, 2.24) is 5.32 Å². The van der Waals surface area contributed by atoms with Gasteiger partial charge in [0.2, 0.25) is 0 Å². The first-order valence-corrected chi connectivity index (χ1v) is 10.2. The van der Waals surface area contributed by atoms with Gasteiger partial charge in [0.1, 0.15) is 17.7 Å². The predicted octanol–water partition coefficient (Wildman–Crippen LogP) is 4.84. The second-order valence-corrected chi connectivity index (χ2v) is 7.31. The van der Waals surface area contributed by atoms with Gasteiger partial charge in [-0.1, -0.05) is 39.7 Å². The molecular formula is C18H15BrClFN2O2S.